The molecule has 1 rings (SSSR count). The maximum Gasteiger partial charge on any atom is 0.325 e. The smallest absolute Gasteiger partial charge is 0.325 e. The van der Waals surface area contributed by atoms with Crippen LogP contribution in [0, 0.1) is 13.8 Å². The van der Waals surface area contributed by atoms with Crippen LogP contribution >= 0.6 is 11.6 Å². The zero-order valence-corrected chi connectivity index (χ0v) is 8.80. The van der Waals surface area contributed by atoms with E-state index in [0.717, 1.165) is 11.1 Å². The number of carboxylic acids is 1. The summed E-state index contributed by atoms with van der Waals surface area (Å²) in [6, 6.07) is 2.42. The second-order valence-electron chi connectivity index (χ2n) is 3.28. The highest BCUT2D eigenvalue weighted by molar-refractivity contribution is 6.32. The van der Waals surface area contributed by atoms with Crippen molar-refractivity contribution in [3.8, 4) is 0 Å². The first-order chi connectivity index (χ1) is 6.43. The van der Waals surface area contributed by atoms with Crippen LogP contribution < -0.4 is 5.73 Å². The Hall–Kier alpha value is -1.06. The Morgan fingerprint density at radius 1 is 1.43 bits per heavy atom. The number of rotatable bonds is 2. The van der Waals surface area contributed by atoms with Crippen LogP contribution in [0.3, 0.4) is 0 Å². The number of carboxylic acid groups (broad SMARTS) is 1. The van der Waals surface area contributed by atoms with E-state index in [1.165, 1.54) is 0 Å². The van der Waals surface area contributed by atoms with Crippen LogP contribution in [0.25, 0.3) is 0 Å². The second-order valence-corrected chi connectivity index (χ2v) is 3.66. The van der Waals surface area contributed by atoms with Crippen LogP contribution in [0.1, 0.15) is 22.7 Å². The van der Waals surface area contributed by atoms with Gasteiger partial charge in [-0.3, -0.25) is 4.79 Å². The maximum atomic E-state index is 10.6. The van der Waals surface area contributed by atoms with E-state index in [1.807, 2.05) is 13.8 Å². The molecule has 1 aromatic carbocycles. The van der Waals surface area contributed by atoms with Crippen molar-refractivity contribution in [2.75, 3.05) is 0 Å². The van der Waals surface area contributed by atoms with E-state index in [0.29, 0.717) is 10.6 Å². The topological polar surface area (TPSA) is 63.3 Å². The standard InChI is InChI=1S/C10H12ClNO2/c1-5-3-7(9(12)10(13)14)4-6(2)8(5)11/h3-4,9H,12H2,1-2H3,(H,13,14). The van der Waals surface area contributed by atoms with Crippen molar-refractivity contribution in [1.82, 2.24) is 0 Å². The van der Waals surface area contributed by atoms with Gasteiger partial charge in [-0.25, -0.2) is 0 Å². The van der Waals surface area contributed by atoms with Crippen molar-refractivity contribution < 1.29 is 9.90 Å². The normalized spacial score (nSPS) is 12.6. The summed E-state index contributed by atoms with van der Waals surface area (Å²) in [7, 11) is 0. The molecule has 0 saturated heterocycles. The highest BCUT2D eigenvalue weighted by atomic mass is 35.5. The van der Waals surface area contributed by atoms with Gasteiger partial charge in [0.25, 0.3) is 0 Å². The van der Waals surface area contributed by atoms with E-state index in [4.69, 9.17) is 22.4 Å². The lowest BCUT2D eigenvalue weighted by atomic mass is 10.0. The molecule has 1 aromatic rings. The third kappa shape index (κ3) is 2.05. The summed E-state index contributed by atoms with van der Waals surface area (Å²) in [6.07, 6.45) is 0. The van der Waals surface area contributed by atoms with Gasteiger partial charge in [-0.05, 0) is 30.5 Å². The number of carbonyl (C=O) groups is 1. The lowest BCUT2D eigenvalue weighted by molar-refractivity contribution is -0.138. The van der Waals surface area contributed by atoms with Crippen LogP contribution in [0.2, 0.25) is 5.02 Å². The summed E-state index contributed by atoms with van der Waals surface area (Å²) in [5.41, 5.74) is 7.75. The SMILES string of the molecule is Cc1cc(C(N)C(=O)O)cc(C)c1Cl. The molecule has 1 atom stereocenters. The third-order valence-corrected chi connectivity index (χ3v) is 2.68. The summed E-state index contributed by atoms with van der Waals surface area (Å²) < 4.78 is 0. The molecule has 76 valence electrons. The Morgan fingerprint density at radius 2 is 1.86 bits per heavy atom. The first-order valence-electron chi connectivity index (χ1n) is 4.18. The minimum atomic E-state index is -1.04. The van der Waals surface area contributed by atoms with E-state index in [-0.39, 0.29) is 0 Å². The van der Waals surface area contributed by atoms with Crippen LogP contribution in [0.15, 0.2) is 12.1 Å². The minimum Gasteiger partial charge on any atom is -0.480 e. The molecule has 0 aromatic heterocycles. The van der Waals surface area contributed by atoms with Gasteiger partial charge in [-0.15, -0.1) is 0 Å². The van der Waals surface area contributed by atoms with Crippen LogP contribution in [0.5, 0.6) is 0 Å². The molecule has 0 aliphatic carbocycles. The van der Waals surface area contributed by atoms with Gasteiger partial charge in [0, 0.05) is 5.02 Å². The Labute approximate surface area is 87.5 Å². The molecule has 0 aliphatic rings. The molecule has 0 radical (unpaired) electrons. The fourth-order valence-electron chi connectivity index (χ4n) is 1.30. The molecule has 0 heterocycles. The molecule has 14 heavy (non-hydrogen) atoms. The Kier molecular flexibility index (Phi) is 3.13. The predicted molar refractivity (Wildman–Crippen MR) is 55.5 cm³/mol. The van der Waals surface area contributed by atoms with Crippen molar-refractivity contribution in [2.24, 2.45) is 5.73 Å². The summed E-state index contributed by atoms with van der Waals surface area (Å²) in [6.45, 7) is 3.65. The largest absolute Gasteiger partial charge is 0.480 e. The quantitative estimate of drug-likeness (QED) is 0.790. The zero-order chi connectivity index (χ0) is 10.9. The number of aliphatic carboxylic acids is 1. The number of hydrogen-bond donors (Lipinski definition) is 2. The highest BCUT2D eigenvalue weighted by Crippen LogP contribution is 2.24. The molecule has 4 heteroatoms. The number of benzene rings is 1. The van der Waals surface area contributed by atoms with Crippen LogP contribution in [-0.4, -0.2) is 11.1 Å². The molecule has 0 saturated carbocycles. The summed E-state index contributed by atoms with van der Waals surface area (Å²) in [5.74, 6) is -1.04. The minimum absolute atomic E-state index is 0.580. The average molecular weight is 214 g/mol. The molecule has 1 unspecified atom stereocenters. The van der Waals surface area contributed by atoms with Crippen LogP contribution in [-0.2, 0) is 4.79 Å². The van der Waals surface area contributed by atoms with Crippen LogP contribution in [0.4, 0.5) is 0 Å². The Balaban J connectivity index is 3.19. The highest BCUT2D eigenvalue weighted by Gasteiger charge is 2.15. The van der Waals surface area contributed by atoms with E-state index >= 15 is 0 Å². The lowest BCUT2D eigenvalue weighted by Gasteiger charge is -2.10. The van der Waals surface area contributed by atoms with Gasteiger partial charge < -0.3 is 10.8 Å². The van der Waals surface area contributed by atoms with Gasteiger partial charge in [0.15, 0.2) is 0 Å². The van der Waals surface area contributed by atoms with E-state index in [2.05, 4.69) is 0 Å². The van der Waals surface area contributed by atoms with Gasteiger partial charge in [0.1, 0.15) is 6.04 Å². The number of hydrogen-bond acceptors (Lipinski definition) is 2. The molecule has 3 nitrogen and oxygen atoms in total. The predicted octanol–water partition coefficient (Wildman–Crippen LogP) is 2.04. The monoisotopic (exact) mass is 213 g/mol. The molecule has 3 N–H and O–H groups in total. The van der Waals surface area contributed by atoms with Crippen molar-refractivity contribution in [2.45, 2.75) is 19.9 Å². The third-order valence-electron chi connectivity index (χ3n) is 2.08. The fourth-order valence-corrected chi connectivity index (χ4v) is 1.41. The molecule has 0 fully saturated rings. The average Bonchev–Trinajstić information content (AvgIpc) is 2.12. The van der Waals surface area contributed by atoms with E-state index < -0.39 is 12.0 Å². The van der Waals surface area contributed by atoms with Crippen molar-refractivity contribution in [1.29, 1.82) is 0 Å². The van der Waals surface area contributed by atoms with Gasteiger partial charge in [-0.2, -0.15) is 0 Å². The second kappa shape index (κ2) is 3.98. The van der Waals surface area contributed by atoms with Gasteiger partial charge in [0.2, 0.25) is 0 Å². The van der Waals surface area contributed by atoms with Gasteiger partial charge >= 0.3 is 5.97 Å². The summed E-state index contributed by atoms with van der Waals surface area (Å²) in [5, 5.41) is 9.39. The molecule has 0 bridgehead atoms. The first kappa shape index (κ1) is 11.0. The molecule has 0 spiro atoms. The van der Waals surface area contributed by atoms with E-state index in [1.54, 1.807) is 12.1 Å². The number of nitrogens with two attached hydrogens (primary N) is 1. The lowest BCUT2D eigenvalue weighted by Crippen LogP contribution is -2.20. The molecular weight excluding hydrogens is 202 g/mol. The van der Waals surface area contributed by atoms with E-state index in [9.17, 15) is 4.79 Å². The number of aryl methyl sites for hydroxylation is 2. The maximum absolute atomic E-state index is 10.6. The molecular formula is C10H12ClNO2. The van der Waals surface area contributed by atoms with Crippen molar-refractivity contribution in [3.05, 3.63) is 33.8 Å². The summed E-state index contributed by atoms with van der Waals surface area (Å²) in [4.78, 5) is 10.6. The molecule has 0 amide bonds. The fraction of sp³-hybridized carbons (Fsp3) is 0.300. The first-order valence-corrected chi connectivity index (χ1v) is 4.56. The van der Waals surface area contributed by atoms with Gasteiger partial charge in [-0.1, -0.05) is 23.7 Å². The Bertz CT molecular complexity index is 353. The Morgan fingerprint density at radius 3 is 2.21 bits per heavy atom. The molecule has 0 aliphatic heterocycles. The number of halogens is 1. The van der Waals surface area contributed by atoms with Gasteiger partial charge in [0.05, 0.1) is 0 Å². The summed E-state index contributed by atoms with van der Waals surface area (Å²) >= 11 is 5.95. The van der Waals surface area contributed by atoms with Crippen molar-refractivity contribution >= 4 is 17.6 Å². The zero-order valence-electron chi connectivity index (χ0n) is 8.04. The van der Waals surface area contributed by atoms with Crippen molar-refractivity contribution in [3.63, 3.8) is 0 Å².